The van der Waals surface area contributed by atoms with Crippen molar-refractivity contribution in [2.45, 2.75) is 26.8 Å². The molecular weight excluding hydrogens is 445 g/mol. The first-order chi connectivity index (χ1) is 15.2. The second kappa shape index (κ2) is 8.45. The first-order valence-corrected chi connectivity index (χ1v) is 10.8. The Balaban J connectivity index is 2.00. The lowest BCUT2D eigenvalue weighted by atomic mass is 9.92. The van der Waals surface area contributed by atoms with Crippen LogP contribution < -0.4 is 4.90 Å². The van der Waals surface area contributed by atoms with Crippen LogP contribution in [0.1, 0.15) is 33.9 Å². The number of ketones is 1. The molecule has 1 heterocycles. The normalized spacial score (nSPS) is 17.8. The number of benzene rings is 3. The van der Waals surface area contributed by atoms with Crippen LogP contribution in [0.3, 0.4) is 0 Å². The molecule has 1 saturated heterocycles. The van der Waals surface area contributed by atoms with Gasteiger partial charge in [0.25, 0.3) is 11.7 Å². The Hall–Kier alpha value is -3.08. The maximum Gasteiger partial charge on any atom is 0.300 e. The summed E-state index contributed by atoms with van der Waals surface area (Å²) in [6.07, 6.45) is 0. The van der Waals surface area contributed by atoms with E-state index in [2.05, 4.69) is 0 Å². The van der Waals surface area contributed by atoms with E-state index in [9.17, 15) is 14.7 Å². The predicted molar refractivity (Wildman–Crippen MR) is 128 cm³/mol. The number of aryl methyl sites for hydroxylation is 3. The Morgan fingerprint density at radius 2 is 1.50 bits per heavy atom. The van der Waals surface area contributed by atoms with Gasteiger partial charge < -0.3 is 5.11 Å². The van der Waals surface area contributed by atoms with Gasteiger partial charge in [0.1, 0.15) is 5.76 Å². The van der Waals surface area contributed by atoms with Crippen LogP contribution in [0.15, 0.2) is 66.2 Å². The van der Waals surface area contributed by atoms with Crippen molar-refractivity contribution in [2.24, 2.45) is 0 Å². The number of carbonyl (C=O) groups is 2. The maximum atomic E-state index is 13.2. The summed E-state index contributed by atoms with van der Waals surface area (Å²) in [7, 11) is 0. The average molecular weight is 466 g/mol. The van der Waals surface area contributed by atoms with Crippen molar-refractivity contribution < 1.29 is 14.7 Å². The van der Waals surface area contributed by atoms with Gasteiger partial charge in [0, 0.05) is 21.3 Å². The molecule has 1 atom stereocenters. The van der Waals surface area contributed by atoms with Crippen LogP contribution in [-0.2, 0) is 9.59 Å². The SMILES string of the molecule is Cc1ccc(/C(O)=C2\C(=O)C(=O)N(c3cc(Cl)cc(Cl)c3)C2c2ccccc2C)cc1C. The summed E-state index contributed by atoms with van der Waals surface area (Å²) in [5.41, 5.74) is 4.54. The molecule has 32 heavy (non-hydrogen) atoms. The fourth-order valence-electron chi connectivity index (χ4n) is 4.01. The fraction of sp³-hybridized carbons (Fsp3) is 0.154. The number of rotatable bonds is 3. The molecule has 1 amide bonds. The van der Waals surface area contributed by atoms with Gasteiger partial charge in [-0.25, -0.2) is 0 Å². The van der Waals surface area contributed by atoms with Gasteiger partial charge in [-0.15, -0.1) is 0 Å². The number of aliphatic hydroxyl groups is 1. The Bertz CT molecular complexity index is 1280. The molecule has 3 aromatic carbocycles. The molecule has 6 heteroatoms. The van der Waals surface area contributed by atoms with Gasteiger partial charge in [0.2, 0.25) is 0 Å². The average Bonchev–Trinajstić information content (AvgIpc) is 3.00. The summed E-state index contributed by atoms with van der Waals surface area (Å²) in [6, 6.07) is 16.8. The number of carbonyl (C=O) groups excluding carboxylic acids is 2. The van der Waals surface area contributed by atoms with Crippen molar-refractivity contribution in [1.82, 2.24) is 0 Å². The number of anilines is 1. The first-order valence-electron chi connectivity index (χ1n) is 10.1. The molecule has 0 aromatic heterocycles. The van der Waals surface area contributed by atoms with Crippen LogP contribution in [0.4, 0.5) is 5.69 Å². The Kier molecular flexibility index (Phi) is 5.85. The number of hydrogen-bond acceptors (Lipinski definition) is 3. The van der Waals surface area contributed by atoms with Gasteiger partial charge in [0.05, 0.1) is 11.6 Å². The topological polar surface area (TPSA) is 57.6 Å². The van der Waals surface area contributed by atoms with Crippen molar-refractivity contribution >= 4 is 46.3 Å². The lowest BCUT2D eigenvalue weighted by Crippen LogP contribution is -2.29. The van der Waals surface area contributed by atoms with Crippen molar-refractivity contribution in [1.29, 1.82) is 0 Å². The number of hydrogen-bond donors (Lipinski definition) is 1. The van der Waals surface area contributed by atoms with Gasteiger partial charge in [0.15, 0.2) is 0 Å². The molecule has 4 rings (SSSR count). The summed E-state index contributed by atoms with van der Waals surface area (Å²) >= 11 is 12.4. The lowest BCUT2D eigenvalue weighted by molar-refractivity contribution is -0.132. The van der Waals surface area contributed by atoms with E-state index in [1.54, 1.807) is 24.3 Å². The van der Waals surface area contributed by atoms with Gasteiger partial charge in [-0.3, -0.25) is 14.5 Å². The van der Waals surface area contributed by atoms with E-state index < -0.39 is 17.7 Å². The fourth-order valence-corrected chi connectivity index (χ4v) is 4.52. The smallest absolute Gasteiger partial charge is 0.300 e. The van der Waals surface area contributed by atoms with E-state index in [4.69, 9.17) is 23.2 Å². The maximum absolute atomic E-state index is 13.2. The second-order valence-corrected chi connectivity index (χ2v) is 8.83. The summed E-state index contributed by atoms with van der Waals surface area (Å²) in [5, 5.41) is 11.9. The number of Topliss-reactive ketones (excluding diaryl/α,β-unsaturated/α-hetero) is 1. The molecule has 3 aromatic rings. The van der Waals surface area contributed by atoms with Crippen LogP contribution >= 0.6 is 23.2 Å². The number of aliphatic hydroxyl groups excluding tert-OH is 1. The summed E-state index contributed by atoms with van der Waals surface area (Å²) in [6.45, 7) is 5.79. The highest BCUT2D eigenvalue weighted by Crippen LogP contribution is 2.44. The summed E-state index contributed by atoms with van der Waals surface area (Å²) in [5.74, 6) is -1.72. The number of nitrogens with zero attached hydrogens (tertiary/aromatic N) is 1. The molecule has 0 saturated carbocycles. The van der Waals surface area contributed by atoms with Crippen LogP contribution in [0.2, 0.25) is 10.0 Å². The third-order valence-electron chi connectivity index (χ3n) is 5.83. The number of amides is 1. The third kappa shape index (κ3) is 3.81. The molecule has 1 unspecified atom stereocenters. The van der Waals surface area contributed by atoms with Crippen molar-refractivity contribution in [3.63, 3.8) is 0 Å². The van der Waals surface area contributed by atoms with Crippen LogP contribution in [0.5, 0.6) is 0 Å². The molecule has 0 aliphatic carbocycles. The minimum atomic E-state index is -0.827. The lowest BCUT2D eigenvalue weighted by Gasteiger charge is -2.27. The van der Waals surface area contributed by atoms with Crippen molar-refractivity contribution in [2.75, 3.05) is 4.90 Å². The Morgan fingerprint density at radius 3 is 2.12 bits per heavy atom. The third-order valence-corrected chi connectivity index (χ3v) is 6.27. The van der Waals surface area contributed by atoms with Crippen LogP contribution in [-0.4, -0.2) is 16.8 Å². The molecular formula is C26H21Cl2NO3. The quantitative estimate of drug-likeness (QED) is 0.271. The van der Waals surface area contributed by atoms with Gasteiger partial charge in [-0.05, 0) is 67.3 Å². The van der Waals surface area contributed by atoms with Crippen molar-refractivity contribution in [3.05, 3.63) is 104 Å². The van der Waals surface area contributed by atoms with Crippen LogP contribution in [0.25, 0.3) is 5.76 Å². The Morgan fingerprint density at radius 1 is 0.844 bits per heavy atom. The zero-order valence-corrected chi connectivity index (χ0v) is 19.3. The molecule has 0 radical (unpaired) electrons. The zero-order chi connectivity index (χ0) is 23.2. The van der Waals surface area contributed by atoms with Gasteiger partial charge in [-0.2, -0.15) is 0 Å². The van der Waals surface area contributed by atoms with E-state index in [0.717, 1.165) is 22.3 Å². The van der Waals surface area contributed by atoms with E-state index in [-0.39, 0.29) is 11.3 Å². The standard InChI is InChI=1S/C26H21Cl2NO3/c1-14-8-9-17(10-16(14)3)24(30)22-23(21-7-5-4-6-15(21)2)29(26(32)25(22)31)20-12-18(27)11-19(28)13-20/h4-13,23,30H,1-3H3/b24-22+. The van der Waals surface area contributed by atoms with E-state index in [1.165, 1.54) is 4.90 Å². The molecule has 162 valence electrons. The van der Waals surface area contributed by atoms with E-state index in [0.29, 0.717) is 21.3 Å². The van der Waals surface area contributed by atoms with E-state index >= 15 is 0 Å². The second-order valence-electron chi connectivity index (χ2n) is 7.95. The van der Waals surface area contributed by atoms with Gasteiger partial charge >= 0.3 is 0 Å². The Labute approximate surface area is 196 Å². The van der Waals surface area contributed by atoms with Crippen LogP contribution in [0, 0.1) is 20.8 Å². The largest absolute Gasteiger partial charge is 0.507 e. The molecule has 0 spiro atoms. The minimum absolute atomic E-state index is 0.0312. The monoisotopic (exact) mass is 465 g/mol. The highest BCUT2D eigenvalue weighted by molar-refractivity contribution is 6.52. The molecule has 4 nitrogen and oxygen atoms in total. The molecule has 1 N–H and O–H groups in total. The number of halogens is 2. The minimum Gasteiger partial charge on any atom is -0.507 e. The van der Waals surface area contributed by atoms with Crippen molar-refractivity contribution in [3.8, 4) is 0 Å². The van der Waals surface area contributed by atoms with E-state index in [1.807, 2.05) is 57.2 Å². The predicted octanol–water partition coefficient (Wildman–Crippen LogP) is 6.54. The summed E-state index contributed by atoms with van der Waals surface area (Å²) in [4.78, 5) is 27.8. The molecule has 1 aliphatic heterocycles. The highest BCUT2D eigenvalue weighted by atomic mass is 35.5. The highest BCUT2D eigenvalue weighted by Gasteiger charge is 2.47. The zero-order valence-electron chi connectivity index (χ0n) is 17.8. The molecule has 1 aliphatic rings. The molecule has 0 bridgehead atoms. The molecule has 1 fully saturated rings. The summed E-state index contributed by atoms with van der Waals surface area (Å²) < 4.78 is 0. The first kappa shape index (κ1) is 22.1. The van der Waals surface area contributed by atoms with Gasteiger partial charge in [-0.1, -0.05) is 59.6 Å².